The van der Waals surface area contributed by atoms with Gasteiger partial charge in [-0.1, -0.05) is 64.4 Å². The summed E-state index contributed by atoms with van der Waals surface area (Å²) >= 11 is 0. The number of pyridine rings is 1. The van der Waals surface area contributed by atoms with Crippen LogP contribution in [0.5, 0.6) is 0 Å². The van der Waals surface area contributed by atoms with E-state index in [9.17, 15) is 5.11 Å². The Hall–Kier alpha value is -0.970. The minimum absolute atomic E-state index is 0.0987. The largest absolute Gasteiger partial charge is 0.396 e. The Bertz CT molecular complexity index is 422. The Morgan fingerprint density at radius 2 is 1.61 bits per heavy atom. The van der Waals surface area contributed by atoms with Gasteiger partial charge in [-0.15, -0.1) is 0 Å². The Balaban J connectivity index is 2.23. The zero-order valence-electron chi connectivity index (χ0n) is 14.6. The van der Waals surface area contributed by atoms with Gasteiger partial charge in [-0.25, -0.2) is 0 Å². The summed E-state index contributed by atoms with van der Waals surface area (Å²) in [6, 6.07) is 5.57. The van der Waals surface area contributed by atoms with E-state index in [1.54, 1.807) is 6.07 Å². The van der Waals surface area contributed by atoms with Crippen molar-refractivity contribution in [1.29, 1.82) is 0 Å². The van der Waals surface area contributed by atoms with Gasteiger partial charge in [-0.05, 0) is 25.0 Å². The van der Waals surface area contributed by atoms with Crippen molar-refractivity contribution in [2.75, 3.05) is 6.61 Å². The second-order valence-corrected chi connectivity index (χ2v) is 6.49. The molecule has 0 aliphatic heterocycles. The van der Waals surface area contributed by atoms with Crippen molar-refractivity contribution < 1.29 is 10.2 Å². The monoisotopic (exact) mass is 322 g/mol. The molecule has 0 amide bonds. The Morgan fingerprint density at radius 3 is 2.22 bits per heavy atom. The normalized spacial score (nSPS) is 13.9. The molecule has 0 saturated heterocycles. The molecule has 0 radical (unpaired) electrons. The van der Waals surface area contributed by atoms with Gasteiger partial charge in [-0.3, -0.25) is 10.7 Å². The van der Waals surface area contributed by atoms with Gasteiger partial charge in [0.15, 0.2) is 5.72 Å². The van der Waals surface area contributed by atoms with Gasteiger partial charge in [0.2, 0.25) is 0 Å². The number of unbranched alkanes of at least 4 members (excludes halogenated alkanes) is 8. The van der Waals surface area contributed by atoms with Gasteiger partial charge in [0.05, 0.1) is 5.69 Å². The molecule has 1 atom stereocenters. The molecule has 1 aromatic rings. The van der Waals surface area contributed by atoms with E-state index in [1.807, 2.05) is 12.1 Å². The van der Waals surface area contributed by atoms with Crippen molar-refractivity contribution in [1.82, 2.24) is 4.98 Å². The summed E-state index contributed by atoms with van der Waals surface area (Å²) in [5.41, 5.74) is 5.67. The van der Waals surface area contributed by atoms with Crippen LogP contribution in [0, 0.1) is 0 Å². The van der Waals surface area contributed by atoms with E-state index in [0.717, 1.165) is 18.5 Å². The predicted octanol–water partition coefficient (Wildman–Crippen LogP) is 3.64. The topological polar surface area (TPSA) is 79.4 Å². The maximum Gasteiger partial charge on any atom is 0.158 e. The van der Waals surface area contributed by atoms with Crippen LogP contribution in [0.25, 0.3) is 0 Å². The fourth-order valence-electron chi connectivity index (χ4n) is 2.78. The van der Waals surface area contributed by atoms with E-state index in [2.05, 4.69) is 11.9 Å². The van der Waals surface area contributed by atoms with E-state index >= 15 is 0 Å². The SMILES string of the molecule is CCCCCCCCCCCc1cccc(C(N)(O)CCO)n1. The van der Waals surface area contributed by atoms with Crippen molar-refractivity contribution in [2.24, 2.45) is 5.73 Å². The molecule has 4 N–H and O–H groups in total. The van der Waals surface area contributed by atoms with Crippen LogP contribution in [0.3, 0.4) is 0 Å². The predicted molar refractivity (Wildman–Crippen MR) is 95.0 cm³/mol. The number of aliphatic hydroxyl groups excluding tert-OH is 1. The second-order valence-electron chi connectivity index (χ2n) is 6.49. The number of nitrogens with zero attached hydrogens (tertiary/aromatic N) is 1. The van der Waals surface area contributed by atoms with Crippen LogP contribution < -0.4 is 5.73 Å². The van der Waals surface area contributed by atoms with Gasteiger partial charge >= 0.3 is 0 Å². The Labute approximate surface area is 141 Å². The van der Waals surface area contributed by atoms with Crippen molar-refractivity contribution in [2.45, 2.75) is 83.3 Å². The van der Waals surface area contributed by atoms with Crippen LogP contribution in [0.15, 0.2) is 18.2 Å². The lowest BCUT2D eigenvalue weighted by Crippen LogP contribution is -2.38. The molecule has 1 heterocycles. The number of rotatable bonds is 13. The first kappa shape index (κ1) is 20.1. The molecule has 0 aromatic carbocycles. The summed E-state index contributed by atoms with van der Waals surface area (Å²) in [5, 5.41) is 19.1. The van der Waals surface area contributed by atoms with Crippen molar-refractivity contribution >= 4 is 0 Å². The third-order valence-electron chi connectivity index (χ3n) is 4.28. The summed E-state index contributed by atoms with van der Waals surface area (Å²) in [6.45, 7) is 2.09. The Morgan fingerprint density at radius 1 is 1.00 bits per heavy atom. The molecule has 0 fully saturated rings. The van der Waals surface area contributed by atoms with E-state index in [1.165, 1.54) is 51.4 Å². The average molecular weight is 322 g/mol. The molecule has 0 saturated carbocycles. The van der Waals surface area contributed by atoms with Crippen LogP contribution in [0.1, 0.15) is 82.5 Å². The molecule has 1 rings (SSSR count). The molecule has 0 bridgehead atoms. The minimum atomic E-state index is -1.54. The molecular weight excluding hydrogens is 288 g/mol. The summed E-state index contributed by atoms with van der Waals surface area (Å²) < 4.78 is 0. The quantitative estimate of drug-likeness (QED) is 0.383. The fraction of sp³-hybridized carbons (Fsp3) is 0.737. The summed E-state index contributed by atoms with van der Waals surface area (Å²) in [7, 11) is 0. The van der Waals surface area contributed by atoms with Crippen LogP contribution in [-0.4, -0.2) is 21.8 Å². The molecule has 23 heavy (non-hydrogen) atoms. The standard InChI is InChI=1S/C19H34N2O2/c1-2-3-4-5-6-7-8-9-10-12-17-13-11-14-18(21-17)19(20,23)15-16-22/h11,13-14,22-23H,2-10,12,15-16,20H2,1H3. The zero-order chi connectivity index (χ0) is 17.0. The first-order valence-corrected chi connectivity index (χ1v) is 9.18. The highest BCUT2D eigenvalue weighted by molar-refractivity contribution is 5.16. The molecule has 0 spiro atoms. The first-order chi connectivity index (χ1) is 11.1. The van der Waals surface area contributed by atoms with Crippen molar-refractivity contribution in [3.8, 4) is 0 Å². The molecular formula is C19H34N2O2. The highest BCUT2D eigenvalue weighted by atomic mass is 16.3. The molecule has 0 aliphatic carbocycles. The first-order valence-electron chi connectivity index (χ1n) is 9.18. The number of hydrogen-bond donors (Lipinski definition) is 3. The number of nitrogens with two attached hydrogens (primary N) is 1. The number of aryl methyl sites for hydroxylation is 1. The van der Waals surface area contributed by atoms with E-state index in [4.69, 9.17) is 10.8 Å². The zero-order valence-corrected chi connectivity index (χ0v) is 14.6. The maximum absolute atomic E-state index is 10.1. The molecule has 1 aromatic heterocycles. The number of aromatic nitrogens is 1. The molecule has 0 aliphatic rings. The smallest absolute Gasteiger partial charge is 0.158 e. The molecule has 4 heteroatoms. The lowest BCUT2D eigenvalue weighted by atomic mass is 10.0. The third kappa shape index (κ3) is 8.45. The molecule has 132 valence electrons. The molecule has 4 nitrogen and oxygen atoms in total. The average Bonchev–Trinajstić information content (AvgIpc) is 2.53. The summed E-state index contributed by atoms with van der Waals surface area (Å²) in [4.78, 5) is 4.44. The van der Waals surface area contributed by atoms with Crippen LogP contribution >= 0.6 is 0 Å². The number of aliphatic hydroxyl groups is 2. The van der Waals surface area contributed by atoms with E-state index in [-0.39, 0.29) is 13.0 Å². The third-order valence-corrected chi connectivity index (χ3v) is 4.28. The Kier molecular flexibility index (Phi) is 10.1. The highest BCUT2D eigenvalue weighted by Gasteiger charge is 2.24. The lowest BCUT2D eigenvalue weighted by molar-refractivity contribution is 0.0135. The van der Waals surface area contributed by atoms with Crippen molar-refractivity contribution in [3.05, 3.63) is 29.6 Å². The van der Waals surface area contributed by atoms with Crippen LogP contribution in [0.4, 0.5) is 0 Å². The minimum Gasteiger partial charge on any atom is -0.396 e. The van der Waals surface area contributed by atoms with Gasteiger partial charge in [-0.2, -0.15) is 0 Å². The summed E-state index contributed by atoms with van der Waals surface area (Å²) in [6.07, 6.45) is 12.8. The second kappa shape index (κ2) is 11.5. The fourth-order valence-corrected chi connectivity index (χ4v) is 2.78. The lowest BCUT2D eigenvalue weighted by Gasteiger charge is -2.21. The van der Waals surface area contributed by atoms with Crippen molar-refractivity contribution in [3.63, 3.8) is 0 Å². The van der Waals surface area contributed by atoms with E-state index in [0.29, 0.717) is 5.69 Å². The van der Waals surface area contributed by atoms with E-state index < -0.39 is 5.72 Å². The highest BCUT2D eigenvalue weighted by Crippen LogP contribution is 2.18. The van der Waals surface area contributed by atoms with Gasteiger partial charge in [0.25, 0.3) is 0 Å². The summed E-state index contributed by atoms with van der Waals surface area (Å²) in [5.74, 6) is 0. The number of hydrogen-bond acceptors (Lipinski definition) is 4. The maximum atomic E-state index is 10.1. The van der Waals surface area contributed by atoms with Crippen LogP contribution in [-0.2, 0) is 12.1 Å². The van der Waals surface area contributed by atoms with Crippen LogP contribution in [0.2, 0.25) is 0 Å². The van der Waals surface area contributed by atoms with Gasteiger partial charge in [0.1, 0.15) is 0 Å². The van der Waals surface area contributed by atoms with Gasteiger partial charge < -0.3 is 10.2 Å². The van der Waals surface area contributed by atoms with Gasteiger partial charge in [0, 0.05) is 18.7 Å². The molecule has 1 unspecified atom stereocenters.